The lowest BCUT2D eigenvalue weighted by molar-refractivity contribution is 0.237. The number of hydrazine groups is 2. The fraction of sp³-hybridized carbons (Fsp3) is 0.263. The quantitative estimate of drug-likeness (QED) is 0.847. The molecular weight excluding hydrogens is 284 g/mol. The summed E-state index contributed by atoms with van der Waals surface area (Å²) >= 11 is 0. The predicted octanol–water partition coefficient (Wildman–Crippen LogP) is 3.20. The highest BCUT2D eigenvalue weighted by Crippen LogP contribution is 2.39. The Balaban J connectivity index is 2.03. The van der Waals surface area contributed by atoms with Gasteiger partial charge in [0.15, 0.2) is 0 Å². The van der Waals surface area contributed by atoms with E-state index in [0.29, 0.717) is 6.04 Å². The van der Waals surface area contributed by atoms with E-state index < -0.39 is 0 Å². The molecule has 0 fully saturated rings. The Hall–Kier alpha value is -2.46. The average Bonchev–Trinajstić information content (AvgIpc) is 2.98. The Bertz CT molecular complexity index is 778. The lowest BCUT2D eigenvalue weighted by atomic mass is 9.96. The second kappa shape index (κ2) is 5.32. The molecule has 2 aromatic carbocycles. The standard InChI is InChI=1S/C19H22N4/c1-13(2)23-19-16-10-6-7-11-17(16)22(3)12-14-8-4-5-9-15(14)18(19)20-21-23/h4-11,13,20-21H,12H2,1-3H3. The van der Waals surface area contributed by atoms with Gasteiger partial charge in [-0.1, -0.05) is 42.5 Å². The van der Waals surface area contributed by atoms with Gasteiger partial charge in [0.25, 0.3) is 0 Å². The Morgan fingerprint density at radius 1 is 0.957 bits per heavy atom. The van der Waals surface area contributed by atoms with Crippen molar-refractivity contribution in [3.05, 3.63) is 65.2 Å². The molecule has 4 rings (SSSR count). The number of fused-ring (bicyclic) bond motifs is 4. The molecule has 2 aliphatic rings. The van der Waals surface area contributed by atoms with Gasteiger partial charge in [0.2, 0.25) is 0 Å². The van der Waals surface area contributed by atoms with Crippen LogP contribution in [0.25, 0.3) is 11.4 Å². The number of nitrogens with zero attached hydrogens (tertiary/aromatic N) is 2. The van der Waals surface area contributed by atoms with E-state index in [2.05, 4.69) is 90.3 Å². The zero-order chi connectivity index (χ0) is 16.0. The fourth-order valence-corrected chi connectivity index (χ4v) is 3.45. The second-order valence-corrected chi connectivity index (χ2v) is 6.45. The molecule has 2 heterocycles. The van der Waals surface area contributed by atoms with Gasteiger partial charge in [-0.3, -0.25) is 5.01 Å². The zero-order valence-corrected chi connectivity index (χ0v) is 13.8. The number of anilines is 1. The van der Waals surface area contributed by atoms with Gasteiger partial charge in [0.05, 0.1) is 11.4 Å². The highest BCUT2D eigenvalue weighted by molar-refractivity contribution is 5.95. The van der Waals surface area contributed by atoms with Crippen molar-refractivity contribution in [3.63, 3.8) is 0 Å². The van der Waals surface area contributed by atoms with Gasteiger partial charge >= 0.3 is 0 Å². The predicted molar refractivity (Wildman–Crippen MR) is 95.1 cm³/mol. The molecule has 0 amide bonds. The van der Waals surface area contributed by atoms with Crippen LogP contribution in [0.5, 0.6) is 0 Å². The minimum Gasteiger partial charge on any atom is -0.370 e. The molecule has 0 saturated carbocycles. The number of rotatable bonds is 1. The Labute approximate surface area is 137 Å². The van der Waals surface area contributed by atoms with Gasteiger partial charge in [-0.05, 0) is 25.5 Å². The normalized spacial score (nSPS) is 16.5. The molecule has 2 aliphatic heterocycles. The highest BCUT2D eigenvalue weighted by atomic mass is 15.7. The average molecular weight is 306 g/mol. The first kappa shape index (κ1) is 14.2. The van der Waals surface area contributed by atoms with Gasteiger partial charge < -0.3 is 10.3 Å². The maximum Gasteiger partial charge on any atom is 0.0885 e. The summed E-state index contributed by atoms with van der Waals surface area (Å²) in [6.45, 7) is 5.29. The maximum absolute atomic E-state index is 3.41. The third-order valence-corrected chi connectivity index (χ3v) is 4.56. The van der Waals surface area contributed by atoms with Gasteiger partial charge in [0.1, 0.15) is 0 Å². The van der Waals surface area contributed by atoms with E-state index in [4.69, 9.17) is 0 Å². The molecule has 0 bridgehead atoms. The zero-order valence-electron chi connectivity index (χ0n) is 13.8. The smallest absolute Gasteiger partial charge is 0.0885 e. The molecule has 23 heavy (non-hydrogen) atoms. The summed E-state index contributed by atoms with van der Waals surface area (Å²) in [4.78, 5) is 2.33. The Kier molecular flexibility index (Phi) is 3.27. The van der Waals surface area contributed by atoms with Crippen LogP contribution in [0.1, 0.15) is 30.5 Å². The first-order chi connectivity index (χ1) is 11.2. The van der Waals surface area contributed by atoms with E-state index in [1.165, 1.54) is 28.1 Å². The summed E-state index contributed by atoms with van der Waals surface area (Å²) in [7, 11) is 2.16. The lowest BCUT2D eigenvalue weighted by Gasteiger charge is -2.30. The van der Waals surface area contributed by atoms with Gasteiger partial charge in [-0.15, -0.1) is 5.53 Å². The van der Waals surface area contributed by atoms with Crippen molar-refractivity contribution < 1.29 is 0 Å². The summed E-state index contributed by atoms with van der Waals surface area (Å²) in [5.41, 5.74) is 14.2. The first-order valence-corrected chi connectivity index (χ1v) is 8.11. The molecule has 0 unspecified atom stereocenters. The van der Waals surface area contributed by atoms with Gasteiger partial charge in [-0.2, -0.15) is 0 Å². The SMILES string of the molecule is CC(C)N1NNC2=C1c1ccccc1N(C)Cc1ccccc12. The topological polar surface area (TPSA) is 30.5 Å². The number of hydrogen-bond donors (Lipinski definition) is 2. The molecule has 0 atom stereocenters. The minimum atomic E-state index is 0.347. The van der Waals surface area contributed by atoms with Gasteiger partial charge in [0, 0.05) is 36.4 Å². The molecule has 4 nitrogen and oxygen atoms in total. The van der Waals surface area contributed by atoms with Crippen LogP contribution >= 0.6 is 0 Å². The third-order valence-electron chi connectivity index (χ3n) is 4.56. The van der Waals surface area contributed by atoms with Crippen LogP contribution in [0.15, 0.2) is 48.5 Å². The number of nitrogens with one attached hydrogen (secondary N) is 2. The lowest BCUT2D eigenvalue weighted by Crippen LogP contribution is -2.41. The van der Waals surface area contributed by atoms with Crippen molar-refractivity contribution in [2.75, 3.05) is 11.9 Å². The van der Waals surface area contributed by atoms with E-state index in [-0.39, 0.29) is 0 Å². The monoisotopic (exact) mass is 306 g/mol. The summed E-state index contributed by atoms with van der Waals surface area (Å²) in [6, 6.07) is 17.6. The molecule has 0 aromatic heterocycles. The van der Waals surface area contributed by atoms with Crippen molar-refractivity contribution in [1.29, 1.82) is 0 Å². The van der Waals surface area contributed by atoms with Crippen LogP contribution in [0.4, 0.5) is 5.69 Å². The van der Waals surface area contributed by atoms with Crippen LogP contribution in [0, 0.1) is 0 Å². The second-order valence-electron chi connectivity index (χ2n) is 6.45. The van der Waals surface area contributed by atoms with E-state index in [1.54, 1.807) is 0 Å². The maximum atomic E-state index is 3.41. The Morgan fingerprint density at radius 2 is 1.65 bits per heavy atom. The van der Waals surface area contributed by atoms with Crippen molar-refractivity contribution in [2.24, 2.45) is 0 Å². The number of benzene rings is 2. The minimum absolute atomic E-state index is 0.347. The van der Waals surface area contributed by atoms with Crippen LogP contribution in [0.2, 0.25) is 0 Å². The van der Waals surface area contributed by atoms with Crippen LogP contribution in [0.3, 0.4) is 0 Å². The first-order valence-electron chi connectivity index (χ1n) is 8.11. The molecule has 118 valence electrons. The molecule has 2 aromatic rings. The Morgan fingerprint density at radius 3 is 2.43 bits per heavy atom. The largest absolute Gasteiger partial charge is 0.370 e. The third kappa shape index (κ3) is 2.18. The van der Waals surface area contributed by atoms with Crippen LogP contribution < -0.4 is 15.9 Å². The van der Waals surface area contributed by atoms with E-state index in [0.717, 1.165) is 12.2 Å². The molecule has 0 saturated heterocycles. The van der Waals surface area contributed by atoms with Crippen molar-refractivity contribution in [1.82, 2.24) is 16.0 Å². The van der Waals surface area contributed by atoms with Crippen molar-refractivity contribution in [2.45, 2.75) is 26.4 Å². The molecule has 0 radical (unpaired) electrons. The summed E-state index contributed by atoms with van der Waals surface area (Å²) in [6.07, 6.45) is 0. The number of para-hydroxylation sites is 1. The van der Waals surface area contributed by atoms with E-state index in [1.807, 2.05) is 0 Å². The van der Waals surface area contributed by atoms with Crippen LogP contribution in [-0.2, 0) is 6.54 Å². The highest BCUT2D eigenvalue weighted by Gasteiger charge is 2.31. The van der Waals surface area contributed by atoms with E-state index in [9.17, 15) is 0 Å². The molecule has 2 N–H and O–H groups in total. The molecule has 4 heteroatoms. The number of hydrogen-bond acceptors (Lipinski definition) is 4. The molecular formula is C19H22N4. The van der Waals surface area contributed by atoms with Crippen LogP contribution in [-0.4, -0.2) is 18.1 Å². The van der Waals surface area contributed by atoms with Gasteiger partial charge in [-0.25, -0.2) is 0 Å². The summed E-state index contributed by atoms with van der Waals surface area (Å²) in [5.74, 6) is 0. The van der Waals surface area contributed by atoms with Crippen molar-refractivity contribution in [3.8, 4) is 0 Å². The summed E-state index contributed by atoms with van der Waals surface area (Å²) in [5, 5.41) is 2.21. The van der Waals surface area contributed by atoms with E-state index >= 15 is 0 Å². The van der Waals surface area contributed by atoms with Crippen molar-refractivity contribution >= 4 is 17.1 Å². The fourth-order valence-electron chi connectivity index (χ4n) is 3.45. The molecule has 0 aliphatic carbocycles. The molecule has 0 spiro atoms. The summed E-state index contributed by atoms with van der Waals surface area (Å²) < 4.78 is 0.